The number of rotatable bonds is 4. The summed E-state index contributed by atoms with van der Waals surface area (Å²) < 4.78 is 10.1. The van der Waals surface area contributed by atoms with Crippen LogP contribution in [0, 0.1) is 10.1 Å². The number of halogens is 2. The minimum atomic E-state index is -0.579. The lowest BCUT2D eigenvalue weighted by Gasteiger charge is -2.06. The zero-order valence-corrected chi connectivity index (χ0v) is 11.4. The normalized spacial score (nSPS) is 10.2. The summed E-state index contributed by atoms with van der Waals surface area (Å²) in [4.78, 5) is 21.3. The molecule has 2 aromatic rings. The predicted octanol–water partition coefficient (Wildman–Crippen LogP) is 2.89. The monoisotopic (exact) mass is 316 g/mol. The molecule has 0 bridgehead atoms. The van der Waals surface area contributed by atoms with Gasteiger partial charge in [-0.05, 0) is 17.7 Å². The molecule has 0 N–H and O–H groups in total. The van der Waals surface area contributed by atoms with Crippen LogP contribution in [-0.4, -0.2) is 27.0 Å². The van der Waals surface area contributed by atoms with Crippen LogP contribution in [0.25, 0.3) is 0 Å². The summed E-state index contributed by atoms with van der Waals surface area (Å²) in [6, 6.07) is 3.48. The van der Waals surface area contributed by atoms with Gasteiger partial charge < -0.3 is 9.47 Å². The minimum absolute atomic E-state index is 0.0187. The molecule has 0 unspecified atom stereocenters. The molecule has 0 aliphatic carbocycles. The second kappa shape index (κ2) is 5.85. The Bertz CT molecular complexity index is 668. The Labute approximate surface area is 122 Å². The maximum Gasteiger partial charge on any atom is 0.329 e. The highest BCUT2D eigenvalue weighted by atomic mass is 35.5. The van der Waals surface area contributed by atoms with Crippen LogP contribution in [0.5, 0.6) is 17.8 Å². The lowest BCUT2D eigenvalue weighted by molar-refractivity contribution is -0.384. The number of aromatic nitrogens is 3. The van der Waals surface area contributed by atoms with Crippen molar-refractivity contribution in [3.63, 3.8) is 0 Å². The molecule has 0 spiro atoms. The molecule has 0 amide bonds. The van der Waals surface area contributed by atoms with Gasteiger partial charge in [-0.15, -0.1) is 4.98 Å². The first-order valence-corrected chi connectivity index (χ1v) is 5.82. The Morgan fingerprint density at radius 1 is 1.20 bits per heavy atom. The van der Waals surface area contributed by atoms with Crippen molar-refractivity contribution in [1.29, 1.82) is 0 Å². The van der Waals surface area contributed by atoms with Crippen LogP contribution in [0.2, 0.25) is 10.3 Å². The summed E-state index contributed by atoms with van der Waals surface area (Å²) in [5.74, 6) is 0.0187. The van der Waals surface area contributed by atoms with E-state index in [-0.39, 0.29) is 33.8 Å². The Morgan fingerprint density at radius 2 is 1.90 bits per heavy atom. The first-order chi connectivity index (χ1) is 9.49. The molecule has 8 nitrogen and oxygen atoms in total. The van der Waals surface area contributed by atoms with Gasteiger partial charge in [0.05, 0.1) is 23.1 Å². The van der Waals surface area contributed by atoms with E-state index >= 15 is 0 Å². The van der Waals surface area contributed by atoms with Crippen LogP contribution < -0.4 is 9.47 Å². The fourth-order valence-electron chi connectivity index (χ4n) is 1.23. The zero-order chi connectivity index (χ0) is 14.7. The van der Waals surface area contributed by atoms with Crippen LogP contribution in [0.4, 0.5) is 5.69 Å². The van der Waals surface area contributed by atoms with E-state index < -0.39 is 4.92 Å². The van der Waals surface area contributed by atoms with Crippen molar-refractivity contribution < 1.29 is 14.4 Å². The molecule has 0 saturated carbocycles. The summed E-state index contributed by atoms with van der Waals surface area (Å²) in [5.41, 5.74) is -0.184. The smallest absolute Gasteiger partial charge is 0.329 e. The minimum Gasteiger partial charge on any atom is -0.467 e. The highest BCUT2D eigenvalue weighted by Crippen LogP contribution is 2.32. The molecular formula is C10H6Cl2N4O4. The van der Waals surface area contributed by atoms with E-state index in [1.165, 1.54) is 19.2 Å². The van der Waals surface area contributed by atoms with Crippen molar-refractivity contribution in [2.24, 2.45) is 0 Å². The molecule has 0 aliphatic heterocycles. The number of methoxy groups -OCH3 is 1. The van der Waals surface area contributed by atoms with Gasteiger partial charge in [-0.3, -0.25) is 10.1 Å². The fourth-order valence-corrected chi connectivity index (χ4v) is 1.53. The lowest BCUT2D eigenvalue weighted by atomic mass is 10.3. The second-order valence-corrected chi connectivity index (χ2v) is 4.09. The van der Waals surface area contributed by atoms with E-state index in [1.807, 2.05) is 0 Å². The third-order valence-corrected chi connectivity index (χ3v) is 2.56. The number of nitrogens with zero attached hydrogens (tertiary/aromatic N) is 4. The molecular weight excluding hydrogens is 311 g/mol. The first-order valence-electron chi connectivity index (χ1n) is 5.07. The van der Waals surface area contributed by atoms with E-state index in [9.17, 15) is 10.1 Å². The van der Waals surface area contributed by atoms with Crippen LogP contribution >= 0.6 is 23.2 Å². The average molecular weight is 317 g/mol. The zero-order valence-electron chi connectivity index (χ0n) is 9.91. The Morgan fingerprint density at radius 3 is 2.55 bits per heavy atom. The molecule has 0 fully saturated rings. The van der Waals surface area contributed by atoms with Gasteiger partial charge in [-0.1, -0.05) is 11.6 Å². The molecule has 1 aromatic carbocycles. The third-order valence-electron chi connectivity index (χ3n) is 2.08. The van der Waals surface area contributed by atoms with Gasteiger partial charge in [-0.25, -0.2) is 0 Å². The number of non-ortho nitro benzene ring substituents is 1. The standard InChI is InChI=1S/C10H6Cl2N4O4/c1-19-9-13-8(12)14-10(15-9)20-7-4-5(16(17)18)2-3-6(7)11/h2-4H,1H3. The Balaban J connectivity index is 2.36. The molecule has 104 valence electrons. The summed E-state index contributed by atoms with van der Waals surface area (Å²) in [5, 5.41) is 10.7. The second-order valence-electron chi connectivity index (χ2n) is 3.35. The lowest BCUT2D eigenvalue weighted by Crippen LogP contribution is -1.99. The van der Waals surface area contributed by atoms with Crippen molar-refractivity contribution in [2.75, 3.05) is 7.11 Å². The number of ether oxygens (including phenoxy) is 2. The fraction of sp³-hybridized carbons (Fsp3) is 0.100. The van der Waals surface area contributed by atoms with Crippen LogP contribution in [-0.2, 0) is 0 Å². The molecule has 0 aliphatic rings. The summed E-state index contributed by atoms with van der Waals surface area (Å²) in [7, 11) is 1.34. The average Bonchev–Trinajstić information content (AvgIpc) is 2.40. The van der Waals surface area contributed by atoms with Gasteiger partial charge >= 0.3 is 12.0 Å². The van der Waals surface area contributed by atoms with Gasteiger partial charge in [0.2, 0.25) is 5.28 Å². The van der Waals surface area contributed by atoms with Gasteiger partial charge in [0.1, 0.15) is 0 Å². The number of nitro benzene ring substituents is 1. The number of nitro groups is 1. The molecule has 1 heterocycles. The Hall–Kier alpha value is -2.19. The summed E-state index contributed by atoms with van der Waals surface area (Å²) in [6.07, 6.45) is 0. The number of hydrogen-bond donors (Lipinski definition) is 0. The molecule has 20 heavy (non-hydrogen) atoms. The van der Waals surface area contributed by atoms with E-state index in [0.29, 0.717) is 0 Å². The molecule has 10 heteroatoms. The highest BCUT2D eigenvalue weighted by Gasteiger charge is 2.14. The van der Waals surface area contributed by atoms with Crippen LogP contribution in [0.15, 0.2) is 18.2 Å². The molecule has 0 radical (unpaired) electrons. The number of hydrogen-bond acceptors (Lipinski definition) is 7. The van der Waals surface area contributed by atoms with Crippen molar-refractivity contribution in [1.82, 2.24) is 15.0 Å². The molecule has 2 rings (SSSR count). The van der Waals surface area contributed by atoms with E-state index in [0.717, 1.165) is 6.07 Å². The Kier molecular flexibility index (Phi) is 4.16. The van der Waals surface area contributed by atoms with Gasteiger partial charge in [0.15, 0.2) is 5.75 Å². The van der Waals surface area contributed by atoms with E-state index in [2.05, 4.69) is 15.0 Å². The van der Waals surface area contributed by atoms with Crippen molar-refractivity contribution >= 4 is 28.9 Å². The molecule has 0 saturated heterocycles. The van der Waals surface area contributed by atoms with E-state index in [1.54, 1.807) is 0 Å². The van der Waals surface area contributed by atoms with Gasteiger partial charge in [0.25, 0.3) is 5.69 Å². The highest BCUT2D eigenvalue weighted by molar-refractivity contribution is 6.32. The van der Waals surface area contributed by atoms with Crippen molar-refractivity contribution in [3.05, 3.63) is 38.6 Å². The largest absolute Gasteiger partial charge is 0.467 e. The predicted molar refractivity (Wildman–Crippen MR) is 69.6 cm³/mol. The maximum absolute atomic E-state index is 10.7. The summed E-state index contributed by atoms with van der Waals surface area (Å²) in [6.45, 7) is 0. The van der Waals surface area contributed by atoms with E-state index in [4.69, 9.17) is 32.7 Å². The quantitative estimate of drug-likeness (QED) is 0.631. The van der Waals surface area contributed by atoms with Gasteiger partial charge in [-0.2, -0.15) is 9.97 Å². The van der Waals surface area contributed by atoms with Gasteiger partial charge in [0, 0.05) is 6.07 Å². The molecule has 0 atom stereocenters. The number of benzene rings is 1. The topological polar surface area (TPSA) is 100 Å². The molecule has 1 aromatic heterocycles. The van der Waals surface area contributed by atoms with Crippen LogP contribution in [0.1, 0.15) is 0 Å². The third kappa shape index (κ3) is 3.22. The SMILES string of the molecule is COc1nc(Cl)nc(Oc2cc([N+](=O)[O-])ccc2Cl)n1. The van der Waals surface area contributed by atoms with Crippen molar-refractivity contribution in [2.45, 2.75) is 0 Å². The van der Waals surface area contributed by atoms with Crippen LogP contribution in [0.3, 0.4) is 0 Å². The summed E-state index contributed by atoms with van der Waals surface area (Å²) >= 11 is 11.5. The first kappa shape index (κ1) is 14.2. The maximum atomic E-state index is 10.7. The van der Waals surface area contributed by atoms with Crippen molar-refractivity contribution in [3.8, 4) is 17.8 Å².